The Labute approximate surface area is 173 Å². The second-order valence-corrected chi connectivity index (χ2v) is 7.11. The number of rotatable bonds is 10. The summed E-state index contributed by atoms with van der Waals surface area (Å²) in [5, 5.41) is 3.35. The van der Waals surface area contributed by atoms with Gasteiger partial charge in [-0.15, -0.1) is 0 Å². The first-order valence-electron chi connectivity index (χ1n) is 10.2. The lowest BCUT2D eigenvalue weighted by Gasteiger charge is -2.34. The van der Waals surface area contributed by atoms with Crippen LogP contribution in [0.5, 0.6) is 17.2 Å². The summed E-state index contributed by atoms with van der Waals surface area (Å²) >= 11 is 0. The monoisotopic (exact) mass is 406 g/mol. The standard InChI is InChI=1S/C21H34N4O4/c1-4-23-21(25-9-5-7-16(15-25)11-20(22)26)24-8-6-10-29-19-13-17(27-2)12-18(14-19)28-3/h12-14,16H,4-11,15H2,1-3H3,(H2,22,26)(H,23,24). The van der Waals surface area contributed by atoms with E-state index in [-0.39, 0.29) is 5.91 Å². The van der Waals surface area contributed by atoms with Crippen LogP contribution in [0.15, 0.2) is 23.2 Å². The SMILES string of the molecule is CCNC(=NCCCOc1cc(OC)cc(OC)c1)N1CCCC(CC(N)=O)C1. The second-order valence-electron chi connectivity index (χ2n) is 7.11. The van der Waals surface area contributed by atoms with E-state index < -0.39 is 0 Å². The van der Waals surface area contributed by atoms with Gasteiger partial charge in [0.25, 0.3) is 0 Å². The fraction of sp³-hybridized carbons (Fsp3) is 0.619. The molecule has 29 heavy (non-hydrogen) atoms. The number of ether oxygens (including phenoxy) is 3. The quantitative estimate of drug-likeness (QED) is 0.350. The van der Waals surface area contributed by atoms with Crippen LogP contribution in [0.4, 0.5) is 0 Å². The summed E-state index contributed by atoms with van der Waals surface area (Å²) in [4.78, 5) is 18.2. The number of primary amides is 1. The Morgan fingerprint density at radius 2 is 1.93 bits per heavy atom. The van der Waals surface area contributed by atoms with Crippen molar-refractivity contribution in [2.75, 3.05) is 47.0 Å². The highest BCUT2D eigenvalue weighted by molar-refractivity contribution is 5.80. The molecule has 1 heterocycles. The number of nitrogens with two attached hydrogens (primary N) is 1. The molecule has 1 saturated heterocycles. The van der Waals surface area contributed by atoms with Crippen LogP contribution >= 0.6 is 0 Å². The number of hydrogen-bond acceptors (Lipinski definition) is 5. The highest BCUT2D eigenvalue weighted by Gasteiger charge is 2.23. The number of methoxy groups -OCH3 is 2. The maximum atomic E-state index is 11.2. The van der Waals surface area contributed by atoms with E-state index in [9.17, 15) is 4.79 Å². The fourth-order valence-electron chi connectivity index (χ4n) is 3.44. The summed E-state index contributed by atoms with van der Waals surface area (Å²) in [7, 11) is 3.23. The van der Waals surface area contributed by atoms with Crippen molar-refractivity contribution in [2.45, 2.75) is 32.6 Å². The van der Waals surface area contributed by atoms with Gasteiger partial charge < -0.3 is 30.2 Å². The lowest BCUT2D eigenvalue weighted by molar-refractivity contribution is -0.119. The van der Waals surface area contributed by atoms with E-state index in [0.29, 0.717) is 42.7 Å². The number of piperidine rings is 1. The van der Waals surface area contributed by atoms with Gasteiger partial charge in [-0.05, 0) is 25.7 Å². The molecule has 1 amide bonds. The van der Waals surface area contributed by atoms with Crippen molar-refractivity contribution in [1.29, 1.82) is 0 Å². The van der Waals surface area contributed by atoms with Crippen molar-refractivity contribution in [3.8, 4) is 17.2 Å². The summed E-state index contributed by atoms with van der Waals surface area (Å²) in [5.41, 5.74) is 5.37. The lowest BCUT2D eigenvalue weighted by atomic mass is 9.95. The molecule has 1 unspecified atom stereocenters. The summed E-state index contributed by atoms with van der Waals surface area (Å²) < 4.78 is 16.3. The molecule has 0 saturated carbocycles. The number of benzene rings is 1. The molecule has 0 bridgehead atoms. The van der Waals surface area contributed by atoms with Gasteiger partial charge in [0.1, 0.15) is 17.2 Å². The van der Waals surface area contributed by atoms with Crippen LogP contribution in [-0.2, 0) is 4.79 Å². The number of nitrogens with zero attached hydrogens (tertiary/aromatic N) is 2. The lowest BCUT2D eigenvalue weighted by Crippen LogP contribution is -2.47. The Balaban J connectivity index is 1.85. The zero-order valence-electron chi connectivity index (χ0n) is 17.8. The molecule has 1 aliphatic rings. The maximum absolute atomic E-state index is 11.2. The van der Waals surface area contributed by atoms with Crippen molar-refractivity contribution in [3.05, 3.63) is 18.2 Å². The number of carbonyl (C=O) groups is 1. The Morgan fingerprint density at radius 1 is 1.24 bits per heavy atom. The molecule has 8 heteroatoms. The van der Waals surface area contributed by atoms with Crippen LogP contribution in [0, 0.1) is 5.92 Å². The number of carbonyl (C=O) groups excluding carboxylic acids is 1. The number of aliphatic imine (C=N–C) groups is 1. The third kappa shape index (κ3) is 7.71. The molecular formula is C21H34N4O4. The van der Waals surface area contributed by atoms with Gasteiger partial charge in [0.15, 0.2) is 5.96 Å². The Morgan fingerprint density at radius 3 is 2.55 bits per heavy atom. The molecule has 1 atom stereocenters. The first-order chi connectivity index (χ1) is 14.0. The molecular weight excluding hydrogens is 372 g/mol. The van der Waals surface area contributed by atoms with Crippen LogP contribution in [-0.4, -0.2) is 63.8 Å². The van der Waals surface area contributed by atoms with Crippen molar-refractivity contribution in [1.82, 2.24) is 10.2 Å². The first-order valence-corrected chi connectivity index (χ1v) is 10.2. The maximum Gasteiger partial charge on any atom is 0.217 e. The summed E-state index contributed by atoms with van der Waals surface area (Å²) in [6.45, 7) is 5.82. The van der Waals surface area contributed by atoms with Gasteiger partial charge >= 0.3 is 0 Å². The van der Waals surface area contributed by atoms with Gasteiger partial charge in [-0.25, -0.2) is 0 Å². The number of likely N-dealkylation sites (tertiary alicyclic amines) is 1. The Bertz CT molecular complexity index is 658. The highest BCUT2D eigenvalue weighted by Crippen LogP contribution is 2.27. The van der Waals surface area contributed by atoms with Crippen LogP contribution in [0.25, 0.3) is 0 Å². The summed E-state index contributed by atoms with van der Waals surface area (Å²) in [6, 6.07) is 5.48. The zero-order valence-corrected chi connectivity index (χ0v) is 17.8. The number of nitrogens with one attached hydrogen (secondary N) is 1. The predicted molar refractivity (Wildman–Crippen MR) is 114 cm³/mol. The van der Waals surface area contributed by atoms with E-state index in [1.807, 2.05) is 18.2 Å². The summed E-state index contributed by atoms with van der Waals surface area (Å²) in [6.07, 6.45) is 3.31. The van der Waals surface area contributed by atoms with Crippen molar-refractivity contribution < 1.29 is 19.0 Å². The predicted octanol–water partition coefficient (Wildman–Crippen LogP) is 2.03. The molecule has 1 aromatic carbocycles. The number of guanidine groups is 1. The average Bonchev–Trinajstić information content (AvgIpc) is 2.72. The van der Waals surface area contributed by atoms with E-state index in [2.05, 4.69) is 17.1 Å². The molecule has 0 aliphatic carbocycles. The van der Waals surface area contributed by atoms with Gasteiger partial charge in [-0.2, -0.15) is 0 Å². The minimum absolute atomic E-state index is 0.231. The average molecular weight is 407 g/mol. The van der Waals surface area contributed by atoms with E-state index >= 15 is 0 Å². The van der Waals surface area contributed by atoms with E-state index in [0.717, 1.165) is 44.9 Å². The van der Waals surface area contributed by atoms with Crippen LogP contribution in [0.2, 0.25) is 0 Å². The molecule has 0 spiro atoms. The first kappa shape index (κ1) is 22.6. The van der Waals surface area contributed by atoms with E-state index in [4.69, 9.17) is 24.9 Å². The second kappa shape index (κ2) is 12.0. The number of amides is 1. The van der Waals surface area contributed by atoms with Gasteiger partial charge in [-0.1, -0.05) is 0 Å². The van der Waals surface area contributed by atoms with Gasteiger partial charge in [0, 0.05) is 57.2 Å². The Hall–Kier alpha value is -2.64. The van der Waals surface area contributed by atoms with Gasteiger partial charge in [-0.3, -0.25) is 9.79 Å². The fourth-order valence-corrected chi connectivity index (χ4v) is 3.44. The smallest absolute Gasteiger partial charge is 0.217 e. The molecule has 0 aromatic heterocycles. The third-order valence-corrected chi connectivity index (χ3v) is 4.80. The summed E-state index contributed by atoms with van der Waals surface area (Å²) in [5.74, 6) is 3.07. The van der Waals surface area contributed by atoms with Crippen molar-refractivity contribution in [3.63, 3.8) is 0 Å². The molecule has 2 rings (SSSR count). The molecule has 1 aromatic rings. The molecule has 1 aliphatic heterocycles. The molecule has 1 fully saturated rings. The van der Waals surface area contributed by atoms with Crippen LogP contribution < -0.4 is 25.3 Å². The van der Waals surface area contributed by atoms with Crippen molar-refractivity contribution >= 4 is 11.9 Å². The van der Waals surface area contributed by atoms with Crippen LogP contribution in [0.1, 0.15) is 32.6 Å². The minimum Gasteiger partial charge on any atom is -0.496 e. The Kier molecular flexibility index (Phi) is 9.40. The van der Waals surface area contributed by atoms with Crippen molar-refractivity contribution in [2.24, 2.45) is 16.6 Å². The topological polar surface area (TPSA) is 98.4 Å². The normalized spacial score (nSPS) is 17.0. The third-order valence-electron chi connectivity index (χ3n) is 4.80. The zero-order chi connectivity index (χ0) is 21.1. The van der Waals surface area contributed by atoms with Gasteiger partial charge in [0.05, 0.1) is 20.8 Å². The minimum atomic E-state index is -0.231. The van der Waals surface area contributed by atoms with E-state index in [1.165, 1.54) is 0 Å². The van der Waals surface area contributed by atoms with Crippen LogP contribution in [0.3, 0.4) is 0 Å². The van der Waals surface area contributed by atoms with Gasteiger partial charge in [0.2, 0.25) is 5.91 Å². The largest absolute Gasteiger partial charge is 0.496 e. The molecule has 3 N–H and O–H groups in total. The molecule has 0 radical (unpaired) electrons. The molecule has 162 valence electrons. The molecule has 8 nitrogen and oxygen atoms in total. The number of hydrogen-bond donors (Lipinski definition) is 2. The highest BCUT2D eigenvalue weighted by atomic mass is 16.5. The van der Waals surface area contributed by atoms with E-state index in [1.54, 1.807) is 14.2 Å².